The molecule has 0 radical (unpaired) electrons. The monoisotopic (exact) mass is 262 g/mol. The van der Waals surface area contributed by atoms with Gasteiger partial charge in [0.05, 0.1) is 4.47 Å². The summed E-state index contributed by atoms with van der Waals surface area (Å²) in [5, 5.41) is 0. The van der Waals surface area contributed by atoms with Gasteiger partial charge in [-0.05, 0) is 28.9 Å². The molecule has 1 nitrogen and oxygen atoms in total. The predicted octanol–water partition coefficient (Wildman–Crippen LogP) is 3.09. The Bertz CT molecular complexity index is 431. The lowest BCUT2D eigenvalue weighted by atomic mass is 10.2. The van der Waals surface area contributed by atoms with Gasteiger partial charge in [0.1, 0.15) is 0 Å². The lowest BCUT2D eigenvalue weighted by molar-refractivity contribution is -0.689. The molecule has 2 rings (SSSR count). The van der Waals surface area contributed by atoms with E-state index in [2.05, 4.69) is 70.1 Å². The molecule has 0 saturated heterocycles. The van der Waals surface area contributed by atoms with E-state index in [-0.39, 0.29) is 0 Å². The van der Waals surface area contributed by atoms with Crippen LogP contribution >= 0.6 is 15.9 Å². The first-order valence-electron chi connectivity index (χ1n) is 4.94. The van der Waals surface area contributed by atoms with Gasteiger partial charge in [-0.15, -0.1) is 0 Å². The molecule has 2 aromatic rings. The van der Waals surface area contributed by atoms with Crippen molar-refractivity contribution in [3.05, 3.63) is 64.4 Å². The van der Waals surface area contributed by atoms with Gasteiger partial charge in [0.15, 0.2) is 18.9 Å². The minimum Gasteiger partial charge on any atom is -0.199 e. The zero-order valence-electron chi connectivity index (χ0n) is 8.65. The Kier molecular flexibility index (Phi) is 3.17. The molecule has 0 fully saturated rings. The lowest BCUT2D eigenvalue weighted by Crippen LogP contribution is -2.33. The van der Waals surface area contributed by atoms with Gasteiger partial charge in [0.25, 0.3) is 0 Å². The SMILES string of the molecule is Cc1cc(Br)c[n+](Cc2ccccc2)c1. The smallest absolute Gasteiger partial charge is 0.183 e. The van der Waals surface area contributed by atoms with Crippen LogP contribution in [0.25, 0.3) is 0 Å². The van der Waals surface area contributed by atoms with E-state index in [1.807, 2.05) is 6.07 Å². The maximum atomic E-state index is 3.51. The topological polar surface area (TPSA) is 3.88 Å². The summed E-state index contributed by atoms with van der Waals surface area (Å²) in [4.78, 5) is 0. The van der Waals surface area contributed by atoms with E-state index >= 15 is 0 Å². The van der Waals surface area contributed by atoms with Gasteiger partial charge < -0.3 is 0 Å². The Morgan fingerprint density at radius 3 is 2.53 bits per heavy atom. The van der Waals surface area contributed by atoms with Gasteiger partial charge in [-0.3, -0.25) is 0 Å². The molecule has 0 bridgehead atoms. The highest BCUT2D eigenvalue weighted by Crippen LogP contribution is 2.08. The van der Waals surface area contributed by atoms with Crippen molar-refractivity contribution >= 4 is 15.9 Å². The number of hydrogen-bond donors (Lipinski definition) is 0. The summed E-state index contributed by atoms with van der Waals surface area (Å²) < 4.78 is 3.31. The lowest BCUT2D eigenvalue weighted by Gasteiger charge is -1.99. The van der Waals surface area contributed by atoms with Crippen LogP contribution in [0, 0.1) is 6.92 Å². The molecule has 0 atom stereocenters. The zero-order chi connectivity index (χ0) is 10.7. The number of aromatic nitrogens is 1. The van der Waals surface area contributed by atoms with Gasteiger partial charge in [0.2, 0.25) is 0 Å². The van der Waals surface area contributed by atoms with Crippen LogP contribution in [-0.2, 0) is 6.54 Å². The maximum absolute atomic E-state index is 3.51. The largest absolute Gasteiger partial charge is 0.199 e. The highest BCUT2D eigenvalue weighted by molar-refractivity contribution is 9.10. The molecule has 0 saturated carbocycles. The normalized spacial score (nSPS) is 10.3. The average molecular weight is 263 g/mol. The van der Waals surface area contributed by atoms with E-state index in [9.17, 15) is 0 Å². The molecule has 0 unspecified atom stereocenters. The number of hydrogen-bond acceptors (Lipinski definition) is 0. The first kappa shape index (κ1) is 10.4. The van der Waals surface area contributed by atoms with Gasteiger partial charge >= 0.3 is 0 Å². The molecule has 1 aromatic carbocycles. The fraction of sp³-hybridized carbons (Fsp3) is 0.154. The molecule has 0 spiro atoms. The number of aryl methyl sites for hydroxylation is 1. The fourth-order valence-electron chi connectivity index (χ4n) is 1.63. The second-order valence-electron chi connectivity index (χ2n) is 3.69. The number of benzene rings is 1. The molecule has 1 heterocycles. The van der Waals surface area contributed by atoms with Crippen LogP contribution in [0.4, 0.5) is 0 Å². The van der Waals surface area contributed by atoms with E-state index in [4.69, 9.17) is 0 Å². The molecule has 0 aliphatic heterocycles. The Hall–Kier alpha value is -1.15. The van der Waals surface area contributed by atoms with Crippen molar-refractivity contribution in [2.45, 2.75) is 13.5 Å². The summed E-state index contributed by atoms with van der Waals surface area (Å²) >= 11 is 3.51. The minimum atomic E-state index is 0.918. The van der Waals surface area contributed by atoms with Crippen LogP contribution in [0.15, 0.2) is 53.3 Å². The Morgan fingerprint density at radius 1 is 1.13 bits per heavy atom. The van der Waals surface area contributed by atoms with Crippen LogP contribution in [-0.4, -0.2) is 0 Å². The van der Waals surface area contributed by atoms with E-state index in [0.29, 0.717) is 0 Å². The van der Waals surface area contributed by atoms with Crippen molar-refractivity contribution in [1.29, 1.82) is 0 Å². The van der Waals surface area contributed by atoms with Crippen LogP contribution in [0.1, 0.15) is 11.1 Å². The molecule has 2 heteroatoms. The Labute approximate surface area is 98.5 Å². The molecule has 0 amide bonds. The summed E-state index contributed by atoms with van der Waals surface area (Å²) in [5.74, 6) is 0. The fourth-order valence-corrected chi connectivity index (χ4v) is 2.26. The summed E-state index contributed by atoms with van der Waals surface area (Å²) in [7, 11) is 0. The van der Waals surface area contributed by atoms with Crippen LogP contribution in [0.3, 0.4) is 0 Å². The van der Waals surface area contributed by atoms with Crippen molar-refractivity contribution in [2.24, 2.45) is 0 Å². The third-order valence-corrected chi connectivity index (χ3v) is 2.67. The van der Waals surface area contributed by atoms with E-state index in [1.165, 1.54) is 11.1 Å². The maximum Gasteiger partial charge on any atom is 0.183 e. The Balaban J connectivity index is 2.25. The first-order valence-corrected chi connectivity index (χ1v) is 5.73. The quantitative estimate of drug-likeness (QED) is 0.733. The Morgan fingerprint density at radius 2 is 1.87 bits per heavy atom. The summed E-state index contributed by atoms with van der Waals surface area (Å²) in [6, 6.07) is 12.6. The van der Waals surface area contributed by atoms with E-state index in [0.717, 1.165) is 11.0 Å². The van der Waals surface area contributed by atoms with Crippen molar-refractivity contribution in [2.75, 3.05) is 0 Å². The van der Waals surface area contributed by atoms with Crippen molar-refractivity contribution in [3.63, 3.8) is 0 Å². The molecule has 0 aliphatic carbocycles. The number of rotatable bonds is 2. The van der Waals surface area contributed by atoms with Gasteiger partial charge in [-0.2, -0.15) is 4.57 Å². The number of halogens is 1. The third kappa shape index (κ3) is 2.90. The second-order valence-corrected chi connectivity index (χ2v) is 4.61. The van der Waals surface area contributed by atoms with Crippen LogP contribution < -0.4 is 4.57 Å². The number of pyridine rings is 1. The summed E-state index contributed by atoms with van der Waals surface area (Å²) in [6.45, 7) is 3.02. The minimum absolute atomic E-state index is 0.918. The highest BCUT2D eigenvalue weighted by atomic mass is 79.9. The van der Waals surface area contributed by atoms with Gasteiger partial charge in [-0.1, -0.05) is 30.3 Å². The standard InChI is InChI=1S/C13H13BrN/c1-11-7-13(14)10-15(8-11)9-12-5-3-2-4-6-12/h2-8,10H,9H2,1H3/q+1. The molecule has 0 N–H and O–H groups in total. The molecular formula is C13H13BrN+. The van der Waals surface area contributed by atoms with Gasteiger partial charge in [0, 0.05) is 11.1 Å². The third-order valence-electron chi connectivity index (χ3n) is 2.23. The summed E-state index contributed by atoms with van der Waals surface area (Å²) in [5.41, 5.74) is 2.58. The zero-order valence-corrected chi connectivity index (χ0v) is 10.2. The average Bonchev–Trinajstić information content (AvgIpc) is 2.17. The van der Waals surface area contributed by atoms with Crippen LogP contribution in [0.2, 0.25) is 0 Å². The summed E-state index contributed by atoms with van der Waals surface area (Å²) in [6.07, 6.45) is 4.25. The van der Waals surface area contributed by atoms with Crippen molar-refractivity contribution in [3.8, 4) is 0 Å². The first-order chi connectivity index (χ1) is 7.24. The van der Waals surface area contributed by atoms with E-state index in [1.54, 1.807) is 0 Å². The molecule has 76 valence electrons. The molecule has 1 aromatic heterocycles. The molecular weight excluding hydrogens is 250 g/mol. The van der Waals surface area contributed by atoms with Crippen LogP contribution in [0.5, 0.6) is 0 Å². The van der Waals surface area contributed by atoms with E-state index < -0.39 is 0 Å². The van der Waals surface area contributed by atoms with Crippen molar-refractivity contribution < 1.29 is 4.57 Å². The van der Waals surface area contributed by atoms with Crippen molar-refractivity contribution in [1.82, 2.24) is 0 Å². The second kappa shape index (κ2) is 4.58. The predicted molar refractivity (Wildman–Crippen MR) is 64.6 cm³/mol. The highest BCUT2D eigenvalue weighted by Gasteiger charge is 2.04. The molecule has 15 heavy (non-hydrogen) atoms. The number of nitrogens with zero attached hydrogens (tertiary/aromatic N) is 1. The van der Waals surface area contributed by atoms with Gasteiger partial charge in [-0.25, -0.2) is 0 Å². The molecule has 0 aliphatic rings.